The predicted octanol–water partition coefficient (Wildman–Crippen LogP) is -3.46. The number of hydrogen-bond donors (Lipinski definition) is 0. The molecule has 0 fully saturated rings. The summed E-state index contributed by atoms with van der Waals surface area (Å²) < 4.78 is 0. The van der Waals surface area contributed by atoms with E-state index < -0.39 is 0 Å². The SMILES string of the molecule is Cl.Cl.Cl.Cl.Cl.Cl.[Ir].[K+].[K+]. The van der Waals surface area contributed by atoms with Crippen LogP contribution < -0.4 is 103 Å². The molecule has 0 aromatic heterocycles. The maximum absolute atomic E-state index is 0. The van der Waals surface area contributed by atoms with Crippen LogP contribution >= 0.6 is 74.4 Å². The van der Waals surface area contributed by atoms with E-state index in [1.54, 1.807) is 0 Å². The minimum Gasteiger partial charge on any atom is -0.147 e. The zero-order valence-electron chi connectivity index (χ0n) is 4.78. The molecule has 9 heavy (non-hydrogen) atoms. The molecule has 0 aliphatic heterocycles. The van der Waals surface area contributed by atoms with Gasteiger partial charge in [0.2, 0.25) is 0 Å². The molecule has 0 spiro atoms. The summed E-state index contributed by atoms with van der Waals surface area (Å²) in [5, 5.41) is 0. The van der Waals surface area contributed by atoms with Crippen LogP contribution in [-0.4, -0.2) is 0 Å². The largest absolute Gasteiger partial charge is 1.00 e. The predicted molar refractivity (Wildman–Crippen MR) is 43.5 cm³/mol. The second-order valence-corrected chi connectivity index (χ2v) is 0. The van der Waals surface area contributed by atoms with Gasteiger partial charge in [-0.1, -0.05) is 0 Å². The minimum absolute atomic E-state index is 0. The molecule has 0 nitrogen and oxygen atoms in total. The van der Waals surface area contributed by atoms with Gasteiger partial charge in [0.05, 0.1) is 0 Å². The Morgan fingerprint density at radius 1 is 0.333 bits per heavy atom. The fourth-order valence-electron chi connectivity index (χ4n) is 0. The number of hydrogen-bond acceptors (Lipinski definition) is 0. The van der Waals surface area contributed by atoms with Crippen molar-refractivity contribution >= 4 is 74.4 Å². The van der Waals surface area contributed by atoms with Gasteiger partial charge >= 0.3 is 103 Å². The van der Waals surface area contributed by atoms with E-state index in [0.717, 1.165) is 0 Å². The van der Waals surface area contributed by atoms with Crippen molar-refractivity contribution in [3.63, 3.8) is 0 Å². The first kappa shape index (κ1) is 85.4. The Morgan fingerprint density at radius 2 is 0.333 bits per heavy atom. The van der Waals surface area contributed by atoms with Crippen molar-refractivity contribution in [2.45, 2.75) is 0 Å². The smallest absolute Gasteiger partial charge is 0.147 e. The molecule has 1 radical (unpaired) electrons. The van der Waals surface area contributed by atoms with Gasteiger partial charge in [-0.15, -0.1) is 74.4 Å². The molecule has 0 saturated carbocycles. The van der Waals surface area contributed by atoms with Gasteiger partial charge in [0.15, 0.2) is 0 Å². The average molecular weight is 489 g/mol. The molecule has 0 aliphatic rings. The second kappa shape index (κ2) is 68.3. The molecular weight excluding hydrogens is 483 g/mol. The van der Waals surface area contributed by atoms with Crippen LogP contribution in [0, 0.1) is 0 Å². The third kappa shape index (κ3) is 58.0. The molecule has 57 valence electrons. The first-order valence-corrected chi connectivity index (χ1v) is 0. The fourth-order valence-corrected chi connectivity index (χ4v) is 0. The maximum Gasteiger partial charge on any atom is 1.00 e. The quantitative estimate of drug-likeness (QED) is 0.311. The Balaban J connectivity index is 0. The van der Waals surface area contributed by atoms with Crippen LogP contribution in [0.25, 0.3) is 0 Å². The summed E-state index contributed by atoms with van der Waals surface area (Å²) >= 11 is 0. The van der Waals surface area contributed by atoms with Crippen molar-refractivity contribution in [2.24, 2.45) is 0 Å². The molecule has 0 atom stereocenters. The average Bonchev–Trinajstić information content (AvgIpc) is 0. The van der Waals surface area contributed by atoms with Gasteiger partial charge in [0, 0.05) is 20.1 Å². The van der Waals surface area contributed by atoms with E-state index in [1.807, 2.05) is 0 Å². The Kier molecular flexibility index (Phi) is 648. The van der Waals surface area contributed by atoms with Crippen LogP contribution in [0.4, 0.5) is 0 Å². The summed E-state index contributed by atoms with van der Waals surface area (Å²) in [6, 6.07) is 0. The molecule has 0 aliphatic carbocycles. The molecule has 0 unspecified atom stereocenters. The topological polar surface area (TPSA) is 0 Å². The van der Waals surface area contributed by atoms with Crippen LogP contribution in [0.15, 0.2) is 0 Å². The third-order valence-electron chi connectivity index (χ3n) is 0. The van der Waals surface area contributed by atoms with Gasteiger partial charge in [0.25, 0.3) is 0 Å². The first-order chi connectivity index (χ1) is 0. The Bertz CT molecular complexity index is 11.0. The Hall–Kier alpha value is 5.66. The summed E-state index contributed by atoms with van der Waals surface area (Å²) in [6.07, 6.45) is 0. The molecule has 9 heteroatoms. The molecule has 0 amide bonds. The van der Waals surface area contributed by atoms with E-state index in [9.17, 15) is 0 Å². The van der Waals surface area contributed by atoms with E-state index in [2.05, 4.69) is 0 Å². The van der Waals surface area contributed by atoms with Gasteiger partial charge in [-0.3, -0.25) is 0 Å². The van der Waals surface area contributed by atoms with Crippen molar-refractivity contribution in [3.05, 3.63) is 0 Å². The van der Waals surface area contributed by atoms with Crippen molar-refractivity contribution < 1.29 is 123 Å². The maximum atomic E-state index is 0. The Labute approximate surface area is 192 Å². The second-order valence-electron chi connectivity index (χ2n) is 0. The van der Waals surface area contributed by atoms with E-state index in [0.29, 0.717) is 0 Å². The fraction of sp³-hybridized carbons (Fsp3) is 0. The van der Waals surface area contributed by atoms with Crippen molar-refractivity contribution in [1.82, 2.24) is 0 Å². The minimum atomic E-state index is 0. The van der Waals surface area contributed by atoms with Gasteiger partial charge < -0.3 is 0 Å². The molecule has 0 bridgehead atoms. The summed E-state index contributed by atoms with van der Waals surface area (Å²) in [4.78, 5) is 0. The van der Waals surface area contributed by atoms with Gasteiger partial charge in [-0.2, -0.15) is 0 Å². The molecule has 0 aromatic carbocycles. The van der Waals surface area contributed by atoms with Crippen LogP contribution in [0.3, 0.4) is 0 Å². The van der Waals surface area contributed by atoms with Crippen molar-refractivity contribution in [2.75, 3.05) is 0 Å². The summed E-state index contributed by atoms with van der Waals surface area (Å²) in [5.74, 6) is 0. The number of halogens is 6. The summed E-state index contributed by atoms with van der Waals surface area (Å²) in [7, 11) is 0. The van der Waals surface area contributed by atoms with Crippen molar-refractivity contribution in [1.29, 1.82) is 0 Å². The van der Waals surface area contributed by atoms with Gasteiger partial charge in [-0.25, -0.2) is 0 Å². The molecule has 0 saturated heterocycles. The normalized spacial score (nSPS) is 0. The summed E-state index contributed by atoms with van der Waals surface area (Å²) in [5.41, 5.74) is 0. The van der Waals surface area contributed by atoms with Crippen LogP contribution in [0.5, 0.6) is 0 Å². The van der Waals surface area contributed by atoms with E-state index >= 15 is 0 Å². The van der Waals surface area contributed by atoms with E-state index in [-0.39, 0.29) is 197 Å². The number of rotatable bonds is 0. The monoisotopic (exact) mass is 487 g/mol. The zero-order valence-corrected chi connectivity index (χ0v) is 18.3. The standard InChI is InChI=1S/6ClH.Ir.2K/h6*1H;;;/q;;;;;;;2*+1. The van der Waals surface area contributed by atoms with E-state index in [1.165, 1.54) is 0 Å². The first-order valence-electron chi connectivity index (χ1n) is 0. The van der Waals surface area contributed by atoms with Crippen LogP contribution in [0.2, 0.25) is 0 Å². The van der Waals surface area contributed by atoms with E-state index in [4.69, 9.17) is 0 Å². The third-order valence-corrected chi connectivity index (χ3v) is 0. The van der Waals surface area contributed by atoms with Gasteiger partial charge in [-0.05, 0) is 0 Å². The molecular formula is H6Cl6IrK2+2. The molecule has 0 rings (SSSR count). The van der Waals surface area contributed by atoms with Crippen LogP contribution in [-0.2, 0) is 20.1 Å². The molecule has 0 heterocycles. The van der Waals surface area contributed by atoms with Crippen LogP contribution in [0.1, 0.15) is 0 Å². The Morgan fingerprint density at radius 3 is 0.333 bits per heavy atom. The summed E-state index contributed by atoms with van der Waals surface area (Å²) in [6.45, 7) is 0. The molecule has 0 aromatic rings. The van der Waals surface area contributed by atoms with Gasteiger partial charge in [0.1, 0.15) is 0 Å². The van der Waals surface area contributed by atoms with Crippen molar-refractivity contribution in [3.8, 4) is 0 Å². The zero-order chi connectivity index (χ0) is 0. The molecule has 0 N–H and O–H groups in total.